The number of fused-ring (bicyclic) bond motifs is 8. The zero-order chi connectivity index (χ0) is 33.1. The Hall–Kier alpha value is -5.48. The summed E-state index contributed by atoms with van der Waals surface area (Å²) < 4.78 is 19.1. The summed E-state index contributed by atoms with van der Waals surface area (Å²) in [5.41, 5.74) is 9.05. The SMILES string of the molecule is CC1(C)CC2(CC(C)(C)c3ccc(-n4c5ccccc5c5ccccc54)cc3O2)Oc2cc(-n3c4ccccc4c4ccccc43)ccc21. The second kappa shape index (κ2) is 9.79. The van der Waals surface area contributed by atoms with Crippen molar-refractivity contribution >= 4 is 43.6 Å². The van der Waals surface area contributed by atoms with Gasteiger partial charge in [-0.1, -0.05) is 113 Å². The van der Waals surface area contributed by atoms with E-state index in [9.17, 15) is 0 Å². The molecule has 2 aliphatic rings. The molecule has 10 rings (SSSR count). The summed E-state index contributed by atoms with van der Waals surface area (Å²) in [6.07, 6.45) is 1.51. The lowest BCUT2D eigenvalue weighted by Crippen LogP contribution is -2.55. The average molecular weight is 639 g/mol. The van der Waals surface area contributed by atoms with Gasteiger partial charge in [-0.3, -0.25) is 0 Å². The van der Waals surface area contributed by atoms with Crippen LogP contribution in [0.5, 0.6) is 11.5 Å². The number of rotatable bonds is 2. The lowest BCUT2D eigenvalue weighted by molar-refractivity contribution is -0.166. The zero-order valence-corrected chi connectivity index (χ0v) is 28.3. The minimum atomic E-state index is -0.814. The van der Waals surface area contributed by atoms with Gasteiger partial charge in [0.15, 0.2) is 0 Å². The van der Waals surface area contributed by atoms with E-state index in [4.69, 9.17) is 9.47 Å². The Morgan fingerprint density at radius 2 is 0.755 bits per heavy atom. The summed E-state index contributed by atoms with van der Waals surface area (Å²) >= 11 is 0. The Bertz CT molecular complexity index is 2350. The van der Waals surface area contributed by atoms with Crippen LogP contribution < -0.4 is 9.47 Å². The number of benzene rings is 6. The first kappa shape index (κ1) is 28.5. The van der Waals surface area contributed by atoms with Gasteiger partial charge >= 0.3 is 0 Å². The number of ether oxygens (including phenoxy) is 2. The predicted molar refractivity (Wildman–Crippen MR) is 201 cm³/mol. The Morgan fingerprint density at radius 1 is 0.429 bits per heavy atom. The summed E-state index contributed by atoms with van der Waals surface area (Å²) in [6.45, 7) is 9.32. The maximum atomic E-state index is 7.18. The average Bonchev–Trinajstić information content (AvgIpc) is 3.60. The van der Waals surface area contributed by atoms with E-state index in [1.54, 1.807) is 0 Å². The lowest BCUT2D eigenvalue weighted by Gasteiger charge is -2.51. The molecule has 0 atom stereocenters. The monoisotopic (exact) mass is 638 g/mol. The summed E-state index contributed by atoms with van der Waals surface area (Å²) in [5.74, 6) is 0.980. The minimum Gasteiger partial charge on any atom is -0.452 e. The topological polar surface area (TPSA) is 28.3 Å². The Labute approximate surface area is 286 Å². The molecular formula is C45H38N2O2. The molecule has 0 N–H and O–H groups in total. The maximum absolute atomic E-state index is 7.18. The molecular weight excluding hydrogens is 601 g/mol. The largest absolute Gasteiger partial charge is 0.452 e. The second-order valence-corrected chi connectivity index (χ2v) is 15.3. The summed E-state index contributed by atoms with van der Waals surface area (Å²) in [6, 6.07) is 48.1. The minimum absolute atomic E-state index is 0.162. The smallest absolute Gasteiger partial charge is 0.252 e. The van der Waals surface area contributed by atoms with Crippen molar-refractivity contribution < 1.29 is 9.47 Å². The maximum Gasteiger partial charge on any atom is 0.252 e. The van der Waals surface area contributed by atoms with E-state index in [0.29, 0.717) is 0 Å². The molecule has 4 heteroatoms. The summed E-state index contributed by atoms with van der Waals surface area (Å²) in [7, 11) is 0. The standard InChI is InChI=1S/C45H38N2O2/c1-43(2)27-45(48-41-25-29(21-23-35(41)43)46-37-17-9-5-13-31(37)32-14-6-10-18-38(32)46)28-44(3,4)36-24-22-30(26-42(36)49-45)47-39-19-11-7-15-33(39)34-16-8-12-20-40(34)47/h5-26H,27-28H2,1-4H3. The van der Waals surface area contributed by atoms with Gasteiger partial charge in [0.25, 0.3) is 5.79 Å². The number of aromatic nitrogens is 2. The molecule has 8 aromatic rings. The van der Waals surface area contributed by atoms with Crippen molar-refractivity contribution in [2.45, 2.75) is 57.2 Å². The van der Waals surface area contributed by atoms with Crippen LogP contribution in [-0.2, 0) is 10.8 Å². The highest BCUT2D eigenvalue weighted by Gasteiger charge is 2.53. The lowest BCUT2D eigenvalue weighted by atomic mass is 9.69. The van der Waals surface area contributed by atoms with Crippen molar-refractivity contribution in [1.29, 1.82) is 0 Å². The van der Waals surface area contributed by atoms with Gasteiger partial charge in [-0.15, -0.1) is 0 Å². The fourth-order valence-electron chi connectivity index (χ4n) is 9.15. The number of nitrogens with zero attached hydrogens (tertiary/aromatic N) is 2. The molecule has 240 valence electrons. The van der Waals surface area contributed by atoms with Gasteiger partial charge < -0.3 is 18.6 Å². The summed E-state index contributed by atoms with van der Waals surface area (Å²) in [4.78, 5) is 0. The van der Waals surface area contributed by atoms with Gasteiger partial charge in [-0.25, -0.2) is 0 Å². The normalized spacial score (nSPS) is 17.2. The van der Waals surface area contributed by atoms with Crippen LogP contribution in [0.4, 0.5) is 0 Å². The van der Waals surface area contributed by atoms with Crippen LogP contribution in [0.3, 0.4) is 0 Å². The molecule has 4 nitrogen and oxygen atoms in total. The second-order valence-electron chi connectivity index (χ2n) is 15.3. The van der Waals surface area contributed by atoms with E-state index >= 15 is 0 Å². The van der Waals surface area contributed by atoms with Crippen LogP contribution in [-0.4, -0.2) is 14.9 Å². The van der Waals surface area contributed by atoms with E-state index in [0.717, 1.165) is 35.7 Å². The third-order valence-corrected chi connectivity index (χ3v) is 11.1. The molecule has 0 fully saturated rings. The third-order valence-electron chi connectivity index (χ3n) is 11.1. The van der Waals surface area contributed by atoms with E-state index in [-0.39, 0.29) is 10.8 Å². The van der Waals surface area contributed by atoms with Crippen LogP contribution in [0.25, 0.3) is 55.0 Å². The third kappa shape index (κ3) is 4.10. The molecule has 6 aromatic carbocycles. The van der Waals surface area contributed by atoms with Gasteiger partial charge in [0.2, 0.25) is 0 Å². The number of para-hydroxylation sites is 4. The van der Waals surface area contributed by atoms with Crippen molar-refractivity contribution in [3.63, 3.8) is 0 Å². The Kier molecular flexibility index (Phi) is 5.70. The highest BCUT2D eigenvalue weighted by Crippen LogP contribution is 2.54. The quantitative estimate of drug-likeness (QED) is 0.188. The van der Waals surface area contributed by atoms with Crippen molar-refractivity contribution in [3.05, 3.63) is 145 Å². The molecule has 4 heterocycles. The van der Waals surface area contributed by atoms with E-state index in [2.05, 4.69) is 170 Å². The van der Waals surface area contributed by atoms with Gasteiger partial charge in [-0.2, -0.15) is 0 Å². The highest BCUT2D eigenvalue weighted by atomic mass is 16.7. The zero-order valence-electron chi connectivity index (χ0n) is 28.3. The molecule has 0 saturated heterocycles. The first-order chi connectivity index (χ1) is 23.7. The Balaban J connectivity index is 1.11. The first-order valence-corrected chi connectivity index (χ1v) is 17.4. The van der Waals surface area contributed by atoms with Crippen LogP contribution >= 0.6 is 0 Å². The molecule has 1 spiro atoms. The van der Waals surface area contributed by atoms with Crippen LogP contribution in [0.1, 0.15) is 51.7 Å². The first-order valence-electron chi connectivity index (χ1n) is 17.4. The fourth-order valence-corrected chi connectivity index (χ4v) is 9.15. The molecule has 0 unspecified atom stereocenters. The predicted octanol–water partition coefficient (Wildman–Crippen LogP) is 11.4. The molecule has 0 radical (unpaired) electrons. The van der Waals surface area contributed by atoms with Gasteiger partial charge in [0.05, 0.1) is 22.1 Å². The van der Waals surface area contributed by atoms with Gasteiger partial charge in [0.1, 0.15) is 11.5 Å². The molecule has 2 aromatic heterocycles. The van der Waals surface area contributed by atoms with Crippen LogP contribution in [0.2, 0.25) is 0 Å². The van der Waals surface area contributed by atoms with E-state index in [1.165, 1.54) is 54.7 Å². The van der Waals surface area contributed by atoms with Crippen LogP contribution in [0, 0.1) is 0 Å². The number of hydrogen-bond acceptors (Lipinski definition) is 2. The molecule has 0 aliphatic carbocycles. The number of hydrogen-bond donors (Lipinski definition) is 0. The van der Waals surface area contributed by atoms with E-state index < -0.39 is 5.79 Å². The Morgan fingerprint density at radius 3 is 1.10 bits per heavy atom. The van der Waals surface area contributed by atoms with Crippen molar-refractivity contribution in [2.24, 2.45) is 0 Å². The highest BCUT2D eigenvalue weighted by molar-refractivity contribution is 6.10. The van der Waals surface area contributed by atoms with Crippen molar-refractivity contribution in [2.75, 3.05) is 0 Å². The van der Waals surface area contributed by atoms with Crippen molar-refractivity contribution in [1.82, 2.24) is 9.13 Å². The fraction of sp³-hybridized carbons (Fsp3) is 0.200. The molecule has 0 amide bonds. The molecule has 0 saturated carbocycles. The van der Waals surface area contributed by atoms with E-state index in [1.807, 2.05) is 0 Å². The molecule has 49 heavy (non-hydrogen) atoms. The van der Waals surface area contributed by atoms with Crippen LogP contribution in [0.15, 0.2) is 133 Å². The molecule has 0 bridgehead atoms. The van der Waals surface area contributed by atoms with Gasteiger partial charge in [-0.05, 0) is 36.4 Å². The summed E-state index contributed by atoms with van der Waals surface area (Å²) in [5, 5.41) is 5.01. The van der Waals surface area contributed by atoms with Gasteiger partial charge in [0, 0.05) is 79.9 Å². The molecule has 2 aliphatic heterocycles. The van der Waals surface area contributed by atoms with Crippen molar-refractivity contribution in [3.8, 4) is 22.9 Å².